The van der Waals surface area contributed by atoms with Crippen LogP contribution < -0.4 is 0 Å². The maximum absolute atomic E-state index is 10.5. The summed E-state index contributed by atoms with van der Waals surface area (Å²) in [6.07, 6.45) is 7.91. The molecule has 1 unspecified atom stereocenters. The summed E-state index contributed by atoms with van der Waals surface area (Å²) in [4.78, 5) is 10.5. The van der Waals surface area contributed by atoms with Crippen LogP contribution in [-0.4, -0.2) is 44.7 Å². The molecule has 1 aliphatic rings. The van der Waals surface area contributed by atoms with Crippen LogP contribution in [0.3, 0.4) is 0 Å². The molecule has 28 heavy (non-hydrogen) atoms. The van der Waals surface area contributed by atoms with Crippen LogP contribution in [0.4, 0.5) is 0 Å². The van der Waals surface area contributed by atoms with Gasteiger partial charge >= 0.3 is 5.97 Å². The van der Waals surface area contributed by atoms with E-state index in [4.69, 9.17) is 5.11 Å². The minimum atomic E-state index is -0.784. The highest BCUT2D eigenvalue weighted by Gasteiger charge is 2.40. The Morgan fingerprint density at radius 1 is 1.07 bits per heavy atom. The Hall–Kier alpha value is -1.69. The van der Waals surface area contributed by atoms with E-state index in [1.807, 2.05) is 30.4 Å². The summed E-state index contributed by atoms with van der Waals surface area (Å²) in [6, 6.07) is 10.1. The molecule has 0 heterocycles. The van der Waals surface area contributed by atoms with E-state index in [1.165, 1.54) is 5.56 Å². The highest BCUT2D eigenvalue weighted by molar-refractivity contribution is 5.66. The molecule has 0 saturated heterocycles. The molecule has 0 spiro atoms. The number of aryl methyl sites for hydroxylation is 1. The van der Waals surface area contributed by atoms with Crippen molar-refractivity contribution in [2.75, 3.05) is 0 Å². The van der Waals surface area contributed by atoms with Crippen LogP contribution in [0.5, 0.6) is 0 Å². The highest BCUT2D eigenvalue weighted by Crippen LogP contribution is 2.38. The van der Waals surface area contributed by atoms with Crippen molar-refractivity contribution in [2.24, 2.45) is 11.8 Å². The number of carboxylic acids is 1. The first-order valence-electron chi connectivity index (χ1n) is 10.4. The van der Waals surface area contributed by atoms with E-state index in [9.17, 15) is 20.1 Å². The SMILES string of the molecule is O=C(O)CCC/C=C/C[C@@H]1[C@@H](CCC(O)CCc2ccccc2)[C@H](O)C[C@@H]1O. The lowest BCUT2D eigenvalue weighted by molar-refractivity contribution is -0.137. The number of aliphatic carboxylic acids is 1. The number of benzene rings is 1. The average Bonchev–Trinajstić information content (AvgIpc) is 2.94. The predicted molar refractivity (Wildman–Crippen MR) is 109 cm³/mol. The normalized spacial score (nSPS) is 26.0. The van der Waals surface area contributed by atoms with Crippen LogP contribution in [0.25, 0.3) is 0 Å². The van der Waals surface area contributed by atoms with Crippen molar-refractivity contribution in [3.8, 4) is 0 Å². The second kappa shape index (κ2) is 12.0. The molecule has 1 aromatic carbocycles. The topological polar surface area (TPSA) is 98.0 Å². The second-order valence-corrected chi connectivity index (χ2v) is 7.95. The standard InChI is InChI=1S/C23H34O5/c24-18(13-12-17-8-4-3-5-9-17)14-15-20-19(21(25)16-22(20)26)10-6-1-2-7-11-23(27)28/h1,3-6,8-9,18-22,24-26H,2,7,10-16H2,(H,27,28)/b6-1+/t18?,19-,20-,21+,22-/m1/s1. The molecule has 2 rings (SSSR count). The van der Waals surface area contributed by atoms with Gasteiger partial charge in [0, 0.05) is 6.42 Å². The maximum Gasteiger partial charge on any atom is 0.303 e. The van der Waals surface area contributed by atoms with Crippen molar-refractivity contribution in [3.63, 3.8) is 0 Å². The van der Waals surface area contributed by atoms with E-state index >= 15 is 0 Å². The first-order valence-corrected chi connectivity index (χ1v) is 10.4. The number of hydrogen-bond acceptors (Lipinski definition) is 4. The molecule has 5 heteroatoms. The lowest BCUT2D eigenvalue weighted by atomic mass is 9.85. The van der Waals surface area contributed by atoms with Gasteiger partial charge in [-0.1, -0.05) is 42.5 Å². The van der Waals surface area contributed by atoms with E-state index in [2.05, 4.69) is 12.1 Å². The molecule has 5 atom stereocenters. The third-order valence-electron chi connectivity index (χ3n) is 5.80. The van der Waals surface area contributed by atoms with Gasteiger partial charge in [-0.2, -0.15) is 0 Å². The number of aliphatic hydroxyl groups excluding tert-OH is 3. The highest BCUT2D eigenvalue weighted by atomic mass is 16.4. The Morgan fingerprint density at radius 3 is 2.50 bits per heavy atom. The largest absolute Gasteiger partial charge is 0.481 e. The fourth-order valence-corrected chi connectivity index (χ4v) is 4.16. The Kier molecular flexibility index (Phi) is 9.68. The molecule has 0 aromatic heterocycles. The fraction of sp³-hybridized carbons (Fsp3) is 0.609. The van der Waals surface area contributed by atoms with Gasteiger partial charge in [0.1, 0.15) is 0 Å². The van der Waals surface area contributed by atoms with E-state index in [0.717, 1.165) is 6.42 Å². The Morgan fingerprint density at radius 2 is 1.79 bits per heavy atom. The lowest BCUT2D eigenvalue weighted by Gasteiger charge is -2.23. The molecule has 1 fully saturated rings. The van der Waals surface area contributed by atoms with E-state index < -0.39 is 24.3 Å². The van der Waals surface area contributed by atoms with Crippen molar-refractivity contribution in [1.82, 2.24) is 0 Å². The number of aliphatic hydroxyl groups is 3. The molecule has 4 N–H and O–H groups in total. The van der Waals surface area contributed by atoms with Gasteiger partial charge in [-0.05, 0) is 68.8 Å². The zero-order chi connectivity index (χ0) is 20.4. The first kappa shape index (κ1) is 22.6. The molecule has 1 saturated carbocycles. The monoisotopic (exact) mass is 390 g/mol. The number of unbranched alkanes of at least 4 members (excludes halogenated alkanes) is 1. The summed E-state index contributed by atoms with van der Waals surface area (Å²) in [5.41, 5.74) is 1.21. The van der Waals surface area contributed by atoms with Crippen LogP contribution in [-0.2, 0) is 11.2 Å². The van der Waals surface area contributed by atoms with Crippen LogP contribution in [0.15, 0.2) is 42.5 Å². The van der Waals surface area contributed by atoms with Crippen LogP contribution >= 0.6 is 0 Å². The summed E-state index contributed by atoms with van der Waals surface area (Å²) in [6.45, 7) is 0. The molecule has 1 aromatic rings. The van der Waals surface area contributed by atoms with Gasteiger partial charge in [-0.15, -0.1) is 0 Å². The van der Waals surface area contributed by atoms with Crippen molar-refractivity contribution in [2.45, 2.75) is 76.1 Å². The maximum atomic E-state index is 10.5. The van der Waals surface area contributed by atoms with Gasteiger partial charge in [0.25, 0.3) is 0 Å². The number of allylic oxidation sites excluding steroid dienone is 2. The van der Waals surface area contributed by atoms with E-state index in [0.29, 0.717) is 44.9 Å². The number of hydrogen-bond donors (Lipinski definition) is 4. The summed E-state index contributed by atoms with van der Waals surface area (Å²) < 4.78 is 0. The van der Waals surface area contributed by atoms with Crippen LogP contribution in [0.2, 0.25) is 0 Å². The smallest absolute Gasteiger partial charge is 0.303 e. The van der Waals surface area contributed by atoms with Crippen LogP contribution in [0, 0.1) is 11.8 Å². The third kappa shape index (κ3) is 7.74. The van der Waals surface area contributed by atoms with Gasteiger partial charge in [-0.25, -0.2) is 0 Å². The summed E-state index contributed by atoms with van der Waals surface area (Å²) in [7, 11) is 0. The van der Waals surface area contributed by atoms with Crippen molar-refractivity contribution >= 4 is 5.97 Å². The zero-order valence-electron chi connectivity index (χ0n) is 16.5. The molecule has 1 aliphatic carbocycles. The van der Waals surface area contributed by atoms with Crippen molar-refractivity contribution < 1.29 is 25.2 Å². The minimum Gasteiger partial charge on any atom is -0.481 e. The quantitative estimate of drug-likeness (QED) is 0.324. The Labute approximate surface area is 167 Å². The predicted octanol–water partition coefficient (Wildman–Crippen LogP) is 3.32. The number of carbonyl (C=O) groups is 1. The first-order chi connectivity index (χ1) is 13.5. The average molecular weight is 391 g/mol. The fourth-order valence-electron chi connectivity index (χ4n) is 4.16. The summed E-state index contributed by atoms with van der Waals surface area (Å²) >= 11 is 0. The molecule has 0 radical (unpaired) electrons. The van der Waals surface area contributed by atoms with Crippen LogP contribution in [0.1, 0.15) is 56.9 Å². The van der Waals surface area contributed by atoms with Gasteiger partial charge in [0.05, 0.1) is 18.3 Å². The molecular weight excluding hydrogens is 356 g/mol. The summed E-state index contributed by atoms with van der Waals surface area (Å²) in [5, 5.41) is 39.6. The molecule has 0 bridgehead atoms. The third-order valence-corrected chi connectivity index (χ3v) is 5.80. The minimum absolute atomic E-state index is 0.00736. The van der Waals surface area contributed by atoms with Gasteiger partial charge in [0.2, 0.25) is 0 Å². The molecular formula is C23H34O5. The van der Waals surface area contributed by atoms with Gasteiger partial charge < -0.3 is 20.4 Å². The van der Waals surface area contributed by atoms with Crippen molar-refractivity contribution in [3.05, 3.63) is 48.0 Å². The van der Waals surface area contributed by atoms with Gasteiger partial charge in [0.15, 0.2) is 0 Å². The molecule has 5 nitrogen and oxygen atoms in total. The molecule has 156 valence electrons. The molecule has 0 amide bonds. The summed E-state index contributed by atoms with van der Waals surface area (Å²) in [5.74, 6) is -0.800. The Bertz CT molecular complexity index is 600. The zero-order valence-corrected chi connectivity index (χ0v) is 16.5. The molecule has 0 aliphatic heterocycles. The second-order valence-electron chi connectivity index (χ2n) is 7.95. The van der Waals surface area contributed by atoms with Gasteiger partial charge in [-0.3, -0.25) is 4.79 Å². The Balaban J connectivity index is 1.74. The van der Waals surface area contributed by atoms with E-state index in [1.54, 1.807) is 0 Å². The number of carboxylic acid groups (broad SMARTS) is 1. The lowest BCUT2D eigenvalue weighted by Crippen LogP contribution is -2.23. The van der Waals surface area contributed by atoms with E-state index in [-0.39, 0.29) is 18.3 Å². The van der Waals surface area contributed by atoms with Crippen molar-refractivity contribution in [1.29, 1.82) is 0 Å². The number of rotatable bonds is 12.